The van der Waals surface area contributed by atoms with Gasteiger partial charge in [0.15, 0.2) is 9.60 Å². The quantitative estimate of drug-likeness (QED) is 0.395. The number of allylic oxidation sites excluding steroid dienone is 1. The molecule has 0 saturated heterocycles. The van der Waals surface area contributed by atoms with Crippen molar-refractivity contribution in [2.45, 2.75) is 38.5 Å². The molecule has 2 aromatic heterocycles. The normalized spacial score (nSPS) is 13.4. The number of carbonyl (C=O) groups is 1. The van der Waals surface area contributed by atoms with Gasteiger partial charge in [-0.1, -0.05) is 29.5 Å². The minimum absolute atomic E-state index is 0.0411. The second-order valence-corrected chi connectivity index (χ2v) is 8.84. The molecule has 1 aliphatic carbocycles. The molecule has 0 unspecified atom stereocenters. The minimum atomic E-state index is -0.243. The van der Waals surface area contributed by atoms with Crippen LogP contribution in [0.2, 0.25) is 0 Å². The van der Waals surface area contributed by atoms with E-state index in [1.54, 1.807) is 17.8 Å². The van der Waals surface area contributed by atoms with E-state index in [0.717, 1.165) is 24.2 Å². The predicted octanol–water partition coefficient (Wildman–Crippen LogP) is 3.37. The van der Waals surface area contributed by atoms with Gasteiger partial charge in [0.2, 0.25) is 5.91 Å². The molecule has 9 heteroatoms. The number of fused-ring (bicyclic) bond motifs is 1. The summed E-state index contributed by atoms with van der Waals surface area (Å²) in [5.41, 5.74) is 1.32. The first-order chi connectivity index (χ1) is 14.5. The van der Waals surface area contributed by atoms with Crippen LogP contribution in [0.25, 0.3) is 10.3 Å². The minimum Gasteiger partial charge on any atom is -0.497 e. The fourth-order valence-electron chi connectivity index (χ4n) is 3.35. The van der Waals surface area contributed by atoms with Gasteiger partial charge in [0.25, 0.3) is 5.56 Å². The first-order valence-electron chi connectivity index (χ1n) is 9.64. The van der Waals surface area contributed by atoms with Gasteiger partial charge in [-0.15, -0.1) is 6.58 Å². The summed E-state index contributed by atoms with van der Waals surface area (Å²) < 4.78 is 9.37. The van der Waals surface area contributed by atoms with Gasteiger partial charge in [-0.2, -0.15) is 0 Å². The Bertz CT molecular complexity index is 1210. The third-order valence-corrected chi connectivity index (χ3v) is 6.51. The van der Waals surface area contributed by atoms with Crippen LogP contribution in [0.15, 0.2) is 48.0 Å². The first kappa shape index (κ1) is 20.5. The van der Waals surface area contributed by atoms with Crippen LogP contribution in [0.4, 0.5) is 0 Å². The molecule has 1 fully saturated rings. The average Bonchev–Trinajstić information content (AvgIpc) is 3.54. The lowest BCUT2D eigenvalue weighted by molar-refractivity contribution is -0.133. The summed E-state index contributed by atoms with van der Waals surface area (Å²) in [6.45, 7) is 4.67. The number of ether oxygens (including phenoxy) is 1. The van der Waals surface area contributed by atoms with E-state index >= 15 is 0 Å². The largest absolute Gasteiger partial charge is 0.497 e. The van der Waals surface area contributed by atoms with Crippen molar-refractivity contribution in [3.05, 3.63) is 63.1 Å². The lowest BCUT2D eigenvalue weighted by Crippen LogP contribution is -2.37. The third-order valence-electron chi connectivity index (χ3n) is 5.08. The number of aromatic nitrogens is 3. The van der Waals surface area contributed by atoms with E-state index in [0.29, 0.717) is 27.4 Å². The van der Waals surface area contributed by atoms with E-state index in [1.807, 2.05) is 29.2 Å². The number of hydrogen-bond donors (Lipinski definition) is 0. The fourth-order valence-corrected chi connectivity index (χ4v) is 4.66. The Morgan fingerprint density at radius 2 is 2.13 bits per heavy atom. The monoisotopic (exact) mass is 442 g/mol. The van der Waals surface area contributed by atoms with Crippen LogP contribution in [-0.2, 0) is 24.4 Å². The van der Waals surface area contributed by atoms with Crippen LogP contribution in [0.5, 0.6) is 5.75 Å². The van der Waals surface area contributed by atoms with Crippen LogP contribution >= 0.6 is 23.6 Å². The van der Waals surface area contributed by atoms with Crippen LogP contribution in [-0.4, -0.2) is 38.1 Å². The maximum absolute atomic E-state index is 13.1. The van der Waals surface area contributed by atoms with Crippen molar-refractivity contribution in [2.75, 3.05) is 7.11 Å². The molecule has 0 aliphatic heterocycles. The molecule has 1 saturated carbocycles. The Kier molecular flexibility index (Phi) is 5.83. The van der Waals surface area contributed by atoms with Crippen LogP contribution < -0.4 is 10.3 Å². The number of nitrogens with zero attached hydrogens (tertiary/aromatic N) is 4. The summed E-state index contributed by atoms with van der Waals surface area (Å²) >= 11 is 6.56. The molecule has 1 amide bonds. The molecule has 4 rings (SSSR count). The first-order valence-corrected chi connectivity index (χ1v) is 10.9. The number of amides is 1. The standard InChI is InChI=1S/C21H22N4O3S2/c1-3-10-24-19-18(30-21(24)29)20(27)23(13-22-19)12-17(26)25(15-6-7-15)11-14-4-8-16(28-2)9-5-14/h3-5,8-9,13,15H,1,6-7,10-12H2,2H3. The van der Waals surface area contributed by atoms with Crippen LogP contribution in [0.1, 0.15) is 18.4 Å². The van der Waals surface area contributed by atoms with E-state index in [4.69, 9.17) is 17.0 Å². The molecule has 1 aliphatic rings. The highest BCUT2D eigenvalue weighted by molar-refractivity contribution is 7.73. The summed E-state index contributed by atoms with van der Waals surface area (Å²) in [6, 6.07) is 7.90. The zero-order valence-electron chi connectivity index (χ0n) is 16.6. The summed E-state index contributed by atoms with van der Waals surface area (Å²) in [5, 5.41) is 0. The van der Waals surface area contributed by atoms with Crippen molar-refractivity contribution in [3.63, 3.8) is 0 Å². The molecule has 0 atom stereocenters. The van der Waals surface area contributed by atoms with Crippen molar-refractivity contribution in [1.29, 1.82) is 0 Å². The fraction of sp³-hybridized carbons (Fsp3) is 0.333. The van der Waals surface area contributed by atoms with Crippen molar-refractivity contribution in [3.8, 4) is 5.75 Å². The Morgan fingerprint density at radius 1 is 1.40 bits per heavy atom. The van der Waals surface area contributed by atoms with Gasteiger partial charge in [-0.25, -0.2) is 4.98 Å². The van der Waals surface area contributed by atoms with Crippen molar-refractivity contribution < 1.29 is 9.53 Å². The molecule has 0 radical (unpaired) electrons. The maximum Gasteiger partial charge on any atom is 0.273 e. The van der Waals surface area contributed by atoms with Gasteiger partial charge in [0.1, 0.15) is 23.3 Å². The number of hydrogen-bond acceptors (Lipinski definition) is 6. The molecule has 1 aromatic carbocycles. The van der Waals surface area contributed by atoms with E-state index < -0.39 is 0 Å². The summed E-state index contributed by atoms with van der Waals surface area (Å²) in [5.74, 6) is 0.686. The van der Waals surface area contributed by atoms with E-state index in [1.165, 1.54) is 22.2 Å². The lowest BCUT2D eigenvalue weighted by Gasteiger charge is -2.23. The lowest BCUT2D eigenvalue weighted by atomic mass is 10.2. The molecule has 156 valence electrons. The second-order valence-electron chi connectivity index (χ2n) is 7.20. The van der Waals surface area contributed by atoms with Gasteiger partial charge in [-0.05, 0) is 42.8 Å². The van der Waals surface area contributed by atoms with Crippen LogP contribution in [0, 0.1) is 3.95 Å². The Hall–Kier alpha value is -2.78. The molecular weight excluding hydrogens is 420 g/mol. The Labute approximate surface area is 182 Å². The molecule has 30 heavy (non-hydrogen) atoms. The van der Waals surface area contributed by atoms with E-state index in [9.17, 15) is 9.59 Å². The van der Waals surface area contributed by atoms with Crippen molar-refractivity contribution >= 4 is 39.8 Å². The summed E-state index contributed by atoms with van der Waals surface area (Å²) in [4.78, 5) is 32.2. The molecule has 0 spiro atoms. The number of rotatable bonds is 8. The number of carbonyl (C=O) groups excluding carboxylic acids is 1. The highest BCUT2D eigenvalue weighted by atomic mass is 32.1. The van der Waals surface area contributed by atoms with E-state index in [2.05, 4.69) is 11.6 Å². The SMILES string of the molecule is C=CCn1c(=S)sc2c(=O)n(CC(=O)N(Cc3ccc(OC)cc3)C3CC3)cnc21. The second kappa shape index (κ2) is 8.53. The Balaban J connectivity index is 1.57. The van der Waals surface area contributed by atoms with Gasteiger partial charge < -0.3 is 14.2 Å². The Morgan fingerprint density at radius 3 is 2.77 bits per heavy atom. The van der Waals surface area contributed by atoms with Gasteiger partial charge in [0.05, 0.1) is 7.11 Å². The molecule has 0 bridgehead atoms. The number of benzene rings is 1. The van der Waals surface area contributed by atoms with Crippen molar-refractivity contribution in [2.24, 2.45) is 0 Å². The smallest absolute Gasteiger partial charge is 0.273 e. The highest BCUT2D eigenvalue weighted by Crippen LogP contribution is 2.29. The molecule has 2 heterocycles. The zero-order valence-corrected chi connectivity index (χ0v) is 18.2. The van der Waals surface area contributed by atoms with Crippen LogP contribution in [0.3, 0.4) is 0 Å². The summed E-state index contributed by atoms with van der Waals surface area (Å²) in [7, 11) is 1.62. The topological polar surface area (TPSA) is 69.4 Å². The predicted molar refractivity (Wildman–Crippen MR) is 119 cm³/mol. The van der Waals surface area contributed by atoms with Crippen molar-refractivity contribution in [1.82, 2.24) is 19.0 Å². The third kappa shape index (κ3) is 4.08. The zero-order chi connectivity index (χ0) is 21.3. The highest BCUT2D eigenvalue weighted by Gasteiger charge is 2.32. The molecule has 3 aromatic rings. The summed E-state index contributed by atoms with van der Waals surface area (Å²) in [6.07, 6.45) is 5.12. The molecular formula is C21H22N4O3S2. The molecule has 7 nitrogen and oxygen atoms in total. The average molecular weight is 443 g/mol. The maximum atomic E-state index is 13.1. The van der Waals surface area contributed by atoms with E-state index in [-0.39, 0.29) is 24.1 Å². The number of methoxy groups -OCH3 is 1. The van der Waals surface area contributed by atoms with Gasteiger partial charge in [0, 0.05) is 19.1 Å². The van der Waals surface area contributed by atoms with Gasteiger partial charge in [-0.3, -0.25) is 14.2 Å². The molecule has 0 N–H and O–H groups in total. The number of thiazole rings is 1. The van der Waals surface area contributed by atoms with Gasteiger partial charge >= 0.3 is 0 Å².